The van der Waals surface area contributed by atoms with Crippen LogP contribution >= 0.6 is 37.2 Å². The van der Waals surface area contributed by atoms with Crippen molar-refractivity contribution in [2.24, 2.45) is 26.2 Å². The summed E-state index contributed by atoms with van der Waals surface area (Å²) >= 11 is 0. The van der Waals surface area contributed by atoms with Crippen molar-refractivity contribution >= 4 is 54.6 Å². The summed E-state index contributed by atoms with van der Waals surface area (Å²) in [4.78, 5) is 21.1. The van der Waals surface area contributed by atoms with Crippen LogP contribution in [-0.2, 0) is 4.79 Å². The number of carboxylic acids is 1. The van der Waals surface area contributed by atoms with Crippen LogP contribution in [0.15, 0.2) is 9.98 Å². The first-order valence-corrected chi connectivity index (χ1v) is 7.07. The van der Waals surface area contributed by atoms with Crippen LogP contribution in [-0.4, -0.2) is 28.2 Å². The molecular weight excluding hydrogens is 359 g/mol. The third-order valence-electron chi connectivity index (χ3n) is 3.54. The van der Waals surface area contributed by atoms with Gasteiger partial charge in [-0.15, -0.1) is 37.2 Å². The molecule has 0 saturated carbocycles. The topological polar surface area (TPSA) is 62.0 Å². The first-order chi connectivity index (χ1) is 8.63. The van der Waals surface area contributed by atoms with E-state index in [2.05, 4.69) is 9.98 Å². The highest BCUT2D eigenvalue weighted by molar-refractivity contribution is 6.47. The molecule has 1 heterocycles. The third kappa shape index (κ3) is 5.07. The average molecular weight is 390 g/mol. The number of halogens is 3. The molecule has 1 aliphatic rings. The van der Waals surface area contributed by atoms with E-state index in [1.807, 2.05) is 62.3 Å². The normalized spacial score (nSPS) is 17.1. The fourth-order valence-corrected chi connectivity index (χ4v) is 2.25. The number of hydrogen-bond acceptors (Lipinski definition) is 3. The Hall–Kier alpha value is -0.320. The molecule has 0 saturated heterocycles. The first-order valence-electron chi connectivity index (χ1n) is 7.07. The van der Waals surface area contributed by atoms with E-state index in [4.69, 9.17) is 0 Å². The van der Waals surface area contributed by atoms with Crippen LogP contribution < -0.4 is 0 Å². The van der Waals surface area contributed by atoms with Gasteiger partial charge in [0.2, 0.25) is 0 Å². The summed E-state index contributed by atoms with van der Waals surface area (Å²) in [5.74, 6) is -0.981. The molecule has 0 fully saturated rings. The smallest absolute Gasteiger partial charge is 0.354 e. The van der Waals surface area contributed by atoms with Crippen LogP contribution in [0.5, 0.6) is 0 Å². The molecule has 1 N–H and O–H groups in total. The van der Waals surface area contributed by atoms with E-state index < -0.39 is 17.0 Å². The van der Waals surface area contributed by atoms with Gasteiger partial charge in [-0.3, -0.25) is 0 Å². The molecule has 4 nitrogen and oxygen atoms in total. The number of rotatable bonds is 1. The second-order valence-corrected chi connectivity index (χ2v) is 8.65. The Labute approximate surface area is 158 Å². The first kappa shape index (κ1) is 27.5. The Morgan fingerprint density at radius 2 is 1.04 bits per heavy atom. The van der Waals surface area contributed by atoms with E-state index >= 15 is 0 Å². The summed E-state index contributed by atoms with van der Waals surface area (Å²) in [6, 6.07) is 0. The van der Waals surface area contributed by atoms with Gasteiger partial charge in [0, 0.05) is 16.2 Å². The van der Waals surface area contributed by atoms with Gasteiger partial charge in [0.15, 0.2) is 0 Å². The molecule has 0 aliphatic carbocycles. The summed E-state index contributed by atoms with van der Waals surface area (Å²) in [7, 11) is 0. The lowest BCUT2D eigenvalue weighted by molar-refractivity contribution is -0.146. The molecule has 0 spiro atoms. The Morgan fingerprint density at radius 3 is 1.17 bits per heavy atom. The van der Waals surface area contributed by atoms with Crippen LogP contribution in [0.3, 0.4) is 0 Å². The van der Waals surface area contributed by atoms with Gasteiger partial charge in [-0.25, -0.2) is 14.8 Å². The van der Waals surface area contributed by atoms with Gasteiger partial charge in [-0.1, -0.05) is 62.3 Å². The van der Waals surface area contributed by atoms with Gasteiger partial charge >= 0.3 is 5.97 Å². The van der Waals surface area contributed by atoms with Crippen LogP contribution in [0.2, 0.25) is 0 Å². The van der Waals surface area contributed by atoms with Crippen molar-refractivity contribution in [3.63, 3.8) is 0 Å². The van der Waals surface area contributed by atoms with Gasteiger partial charge in [-0.05, 0) is 0 Å². The van der Waals surface area contributed by atoms with Crippen molar-refractivity contribution < 1.29 is 9.90 Å². The molecule has 0 radical (unpaired) electrons. The molecular formula is C16H31Cl3N2O2. The molecule has 0 aromatic rings. The van der Waals surface area contributed by atoms with E-state index in [0.717, 1.165) is 11.4 Å². The zero-order valence-corrected chi connectivity index (χ0v) is 17.9. The fourth-order valence-electron chi connectivity index (χ4n) is 2.25. The predicted molar refractivity (Wildman–Crippen MR) is 105 cm³/mol. The highest BCUT2D eigenvalue weighted by atomic mass is 35.5. The molecule has 1 rings (SSSR count). The summed E-state index contributed by atoms with van der Waals surface area (Å²) in [6.45, 7) is 17.9. The zero-order valence-electron chi connectivity index (χ0n) is 15.5. The standard InChI is InChI=1S/C16H28N2O2.3ClH/c1-13(2,3)10-11(14(4,5)6)18-16(17-10,12(19)20)15(7,8)9;;;/h1-9H3,(H,19,20);3*1H. The van der Waals surface area contributed by atoms with Crippen molar-refractivity contribution in [1.82, 2.24) is 0 Å². The number of nitrogens with zero attached hydrogens (tertiary/aromatic N) is 2. The lowest BCUT2D eigenvalue weighted by Crippen LogP contribution is -2.46. The number of hydrogen-bond donors (Lipinski definition) is 1. The largest absolute Gasteiger partial charge is 0.478 e. The van der Waals surface area contributed by atoms with Crippen molar-refractivity contribution in [2.45, 2.75) is 68.0 Å². The Balaban J connectivity index is -0.00000133. The maximum atomic E-state index is 11.9. The fraction of sp³-hybridized carbons (Fsp3) is 0.812. The summed E-state index contributed by atoms with van der Waals surface area (Å²) in [5.41, 5.74) is -0.839. The third-order valence-corrected chi connectivity index (χ3v) is 3.54. The summed E-state index contributed by atoms with van der Waals surface area (Å²) in [6.07, 6.45) is 0. The van der Waals surface area contributed by atoms with Crippen molar-refractivity contribution in [3.05, 3.63) is 0 Å². The van der Waals surface area contributed by atoms with Gasteiger partial charge in [0.05, 0.1) is 11.4 Å². The molecule has 7 heteroatoms. The molecule has 0 atom stereocenters. The summed E-state index contributed by atoms with van der Waals surface area (Å²) in [5, 5.41) is 9.75. The minimum atomic E-state index is -1.42. The van der Waals surface area contributed by atoms with Gasteiger partial charge in [0.1, 0.15) is 0 Å². The van der Waals surface area contributed by atoms with E-state index in [-0.39, 0.29) is 48.1 Å². The van der Waals surface area contributed by atoms with E-state index in [9.17, 15) is 9.90 Å². The second-order valence-electron chi connectivity index (χ2n) is 8.65. The van der Waals surface area contributed by atoms with E-state index in [1.54, 1.807) is 0 Å². The average Bonchev–Trinajstić information content (AvgIpc) is 2.55. The van der Waals surface area contributed by atoms with Crippen LogP contribution in [0.25, 0.3) is 0 Å². The molecule has 23 heavy (non-hydrogen) atoms. The van der Waals surface area contributed by atoms with E-state index in [1.165, 1.54) is 0 Å². The monoisotopic (exact) mass is 388 g/mol. The zero-order chi connectivity index (χ0) is 16.1. The molecule has 0 aromatic heterocycles. The van der Waals surface area contributed by atoms with E-state index in [0.29, 0.717) is 0 Å². The van der Waals surface area contributed by atoms with Crippen LogP contribution in [0.4, 0.5) is 0 Å². The molecule has 1 aliphatic heterocycles. The van der Waals surface area contributed by atoms with Crippen molar-refractivity contribution in [2.75, 3.05) is 0 Å². The van der Waals surface area contributed by atoms with Crippen LogP contribution in [0.1, 0.15) is 62.3 Å². The lowest BCUT2D eigenvalue weighted by Gasteiger charge is -2.32. The lowest BCUT2D eigenvalue weighted by atomic mass is 9.78. The molecule has 0 amide bonds. The number of carbonyl (C=O) groups is 1. The van der Waals surface area contributed by atoms with Gasteiger partial charge in [0.25, 0.3) is 5.66 Å². The molecule has 138 valence electrons. The highest BCUT2D eigenvalue weighted by Gasteiger charge is 2.55. The quantitative estimate of drug-likeness (QED) is 0.680. The minimum Gasteiger partial charge on any atom is -0.478 e. The number of aliphatic carboxylic acids is 1. The second kappa shape index (κ2) is 7.71. The SMILES string of the molecule is CC(C)(C)C1=NC(C(=O)O)(C(C)(C)C)N=C1C(C)(C)C.Cl.Cl.Cl. The number of carboxylic acid groups (broad SMARTS) is 1. The van der Waals surface area contributed by atoms with Crippen molar-refractivity contribution in [3.8, 4) is 0 Å². The molecule has 0 bridgehead atoms. The highest BCUT2D eigenvalue weighted by Crippen LogP contribution is 2.43. The Bertz CT molecular complexity index is 463. The summed E-state index contributed by atoms with van der Waals surface area (Å²) < 4.78 is 0. The maximum Gasteiger partial charge on any atom is 0.354 e. The Morgan fingerprint density at radius 1 is 0.783 bits per heavy atom. The van der Waals surface area contributed by atoms with Gasteiger partial charge in [-0.2, -0.15) is 0 Å². The van der Waals surface area contributed by atoms with Crippen LogP contribution in [0, 0.1) is 16.2 Å². The molecule has 0 unspecified atom stereocenters. The maximum absolute atomic E-state index is 11.9. The molecule has 0 aromatic carbocycles. The predicted octanol–water partition coefficient (Wildman–Crippen LogP) is 5.07. The van der Waals surface area contributed by atoms with Gasteiger partial charge < -0.3 is 5.11 Å². The Kier molecular flexibility index (Phi) is 9.23. The number of aliphatic imine (C=N–C) groups is 2. The minimum absolute atomic E-state index is 0. The van der Waals surface area contributed by atoms with Crippen molar-refractivity contribution in [1.29, 1.82) is 0 Å².